The van der Waals surface area contributed by atoms with Crippen LogP contribution in [0.25, 0.3) is 10.9 Å². The number of pyridine rings is 1. The van der Waals surface area contributed by atoms with Crippen molar-refractivity contribution in [1.29, 1.82) is 0 Å². The molecule has 8 heteroatoms. The lowest BCUT2D eigenvalue weighted by molar-refractivity contribution is -0.141. The first-order valence-corrected chi connectivity index (χ1v) is 9.58. The largest absolute Gasteiger partial charge is 0.433 e. The SMILES string of the molecule is Cc1nc2ccccc2c(=O)n1CC1CCN(c2cccc(C(F)(F)F)n2)CC1. The van der Waals surface area contributed by atoms with E-state index < -0.39 is 11.9 Å². The molecule has 3 aromatic rings. The van der Waals surface area contributed by atoms with Gasteiger partial charge in [0, 0.05) is 19.6 Å². The van der Waals surface area contributed by atoms with E-state index >= 15 is 0 Å². The predicted molar refractivity (Wildman–Crippen MR) is 105 cm³/mol. The minimum Gasteiger partial charge on any atom is -0.357 e. The summed E-state index contributed by atoms with van der Waals surface area (Å²) in [6.07, 6.45) is -2.90. The molecule has 5 nitrogen and oxygen atoms in total. The molecule has 4 rings (SSSR count). The molecule has 0 aliphatic carbocycles. The molecule has 1 aliphatic heterocycles. The van der Waals surface area contributed by atoms with Crippen LogP contribution >= 0.6 is 0 Å². The Morgan fingerprint density at radius 2 is 1.76 bits per heavy atom. The normalized spacial score (nSPS) is 15.8. The minimum absolute atomic E-state index is 0.0462. The highest BCUT2D eigenvalue weighted by Crippen LogP contribution is 2.30. The van der Waals surface area contributed by atoms with Gasteiger partial charge in [0.05, 0.1) is 10.9 Å². The van der Waals surface area contributed by atoms with Crippen molar-refractivity contribution in [2.75, 3.05) is 18.0 Å². The maximum Gasteiger partial charge on any atom is 0.433 e. The number of rotatable bonds is 3. The van der Waals surface area contributed by atoms with E-state index in [0.29, 0.717) is 42.2 Å². The number of halogens is 3. The highest BCUT2D eigenvalue weighted by atomic mass is 19.4. The fraction of sp³-hybridized carbons (Fsp3) is 0.381. The van der Waals surface area contributed by atoms with E-state index in [4.69, 9.17) is 0 Å². The highest BCUT2D eigenvalue weighted by molar-refractivity contribution is 5.77. The maximum absolute atomic E-state index is 12.9. The Morgan fingerprint density at radius 3 is 2.48 bits per heavy atom. The molecule has 2 aromatic heterocycles. The van der Waals surface area contributed by atoms with Gasteiger partial charge >= 0.3 is 6.18 Å². The van der Waals surface area contributed by atoms with Crippen LogP contribution in [0.5, 0.6) is 0 Å². The first kappa shape index (κ1) is 19.4. The lowest BCUT2D eigenvalue weighted by Crippen LogP contribution is -2.37. The van der Waals surface area contributed by atoms with Crippen molar-refractivity contribution in [2.24, 2.45) is 5.92 Å². The molecule has 29 heavy (non-hydrogen) atoms. The Bertz CT molecular complexity index is 1090. The second kappa shape index (κ2) is 7.50. The van der Waals surface area contributed by atoms with Gasteiger partial charge in [-0.15, -0.1) is 0 Å². The number of nitrogens with zero attached hydrogens (tertiary/aromatic N) is 4. The fourth-order valence-corrected chi connectivity index (χ4v) is 3.85. The van der Waals surface area contributed by atoms with E-state index in [1.165, 1.54) is 6.07 Å². The van der Waals surface area contributed by atoms with Crippen LogP contribution in [0.2, 0.25) is 0 Å². The Balaban J connectivity index is 1.47. The van der Waals surface area contributed by atoms with Gasteiger partial charge in [0.15, 0.2) is 0 Å². The van der Waals surface area contributed by atoms with Gasteiger partial charge in [-0.2, -0.15) is 13.2 Å². The summed E-state index contributed by atoms with van der Waals surface area (Å²) in [6, 6.07) is 11.3. The molecule has 0 saturated carbocycles. The Morgan fingerprint density at radius 1 is 1.03 bits per heavy atom. The van der Waals surface area contributed by atoms with Gasteiger partial charge in [-0.3, -0.25) is 9.36 Å². The number of aromatic nitrogens is 3. The first-order valence-electron chi connectivity index (χ1n) is 9.58. The van der Waals surface area contributed by atoms with E-state index in [1.54, 1.807) is 16.7 Å². The van der Waals surface area contributed by atoms with Gasteiger partial charge in [0.1, 0.15) is 17.3 Å². The second-order valence-electron chi connectivity index (χ2n) is 7.40. The molecule has 0 bridgehead atoms. The number of hydrogen-bond donors (Lipinski definition) is 0. The predicted octanol–water partition coefficient (Wildman–Crippen LogP) is 4.04. The highest BCUT2D eigenvalue weighted by Gasteiger charge is 2.33. The molecule has 1 fully saturated rings. The van der Waals surface area contributed by atoms with Crippen molar-refractivity contribution in [1.82, 2.24) is 14.5 Å². The Labute approximate surface area is 165 Å². The molecule has 0 N–H and O–H groups in total. The summed E-state index contributed by atoms with van der Waals surface area (Å²) in [6.45, 7) is 3.60. The van der Waals surface area contributed by atoms with E-state index in [1.807, 2.05) is 30.0 Å². The van der Waals surface area contributed by atoms with Gasteiger partial charge in [-0.1, -0.05) is 18.2 Å². The number of fused-ring (bicyclic) bond motifs is 1. The Kier molecular flexibility index (Phi) is 5.02. The second-order valence-corrected chi connectivity index (χ2v) is 7.40. The van der Waals surface area contributed by atoms with Crippen LogP contribution in [0.1, 0.15) is 24.4 Å². The summed E-state index contributed by atoms with van der Waals surface area (Å²) in [5.74, 6) is 1.28. The monoisotopic (exact) mass is 402 g/mol. The summed E-state index contributed by atoms with van der Waals surface area (Å²) < 4.78 is 40.4. The van der Waals surface area contributed by atoms with Crippen molar-refractivity contribution < 1.29 is 13.2 Å². The van der Waals surface area contributed by atoms with Gasteiger partial charge in [-0.05, 0) is 49.9 Å². The van der Waals surface area contributed by atoms with Crippen LogP contribution in [0.15, 0.2) is 47.3 Å². The van der Waals surface area contributed by atoms with Crippen LogP contribution in [-0.4, -0.2) is 27.6 Å². The third-order valence-corrected chi connectivity index (χ3v) is 5.46. The zero-order valence-electron chi connectivity index (χ0n) is 16.0. The number of para-hydroxylation sites is 1. The van der Waals surface area contributed by atoms with Crippen LogP contribution < -0.4 is 10.5 Å². The van der Waals surface area contributed by atoms with Crippen LogP contribution in [0.3, 0.4) is 0 Å². The quantitative estimate of drug-likeness (QED) is 0.664. The van der Waals surface area contributed by atoms with Gasteiger partial charge in [0.2, 0.25) is 0 Å². The molecular formula is C21H21F3N4O. The van der Waals surface area contributed by atoms with Crippen LogP contribution in [0.4, 0.5) is 19.0 Å². The number of alkyl halides is 3. The summed E-state index contributed by atoms with van der Waals surface area (Å²) in [5.41, 5.74) is -0.228. The molecule has 0 amide bonds. The average molecular weight is 402 g/mol. The smallest absolute Gasteiger partial charge is 0.357 e. The summed E-state index contributed by atoms with van der Waals surface area (Å²) >= 11 is 0. The third kappa shape index (κ3) is 3.97. The summed E-state index contributed by atoms with van der Waals surface area (Å²) in [5, 5.41) is 0.601. The lowest BCUT2D eigenvalue weighted by atomic mass is 9.96. The number of aryl methyl sites for hydroxylation is 1. The number of anilines is 1. The molecule has 0 radical (unpaired) electrons. The minimum atomic E-state index is -4.45. The molecule has 1 aliphatic rings. The molecule has 1 aromatic carbocycles. The standard InChI is InChI=1S/C21H21F3N4O/c1-14-25-17-6-3-2-5-16(17)20(29)28(14)13-15-9-11-27(12-10-15)19-8-4-7-18(26-19)21(22,23)24/h2-8,15H,9-13H2,1H3. The van der Waals surface area contributed by atoms with Crippen LogP contribution in [-0.2, 0) is 12.7 Å². The number of benzene rings is 1. The van der Waals surface area contributed by atoms with Gasteiger partial charge in [-0.25, -0.2) is 9.97 Å². The topological polar surface area (TPSA) is 51.0 Å². The van der Waals surface area contributed by atoms with Gasteiger partial charge in [0.25, 0.3) is 5.56 Å². The van der Waals surface area contributed by atoms with Crippen LogP contribution in [0, 0.1) is 12.8 Å². The van der Waals surface area contributed by atoms with E-state index in [-0.39, 0.29) is 11.5 Å². The molecule has 0 spiro atoms. The fourth-order valence-electron chi connectivity index (χ4n) is 3.85. The van der Waals surface area contributed by atoms with Crippen molar-refractivity contribution in [3.05, 3.63) is 64.3 Å². The molecule has 0 unspecified atom stereocenters. The van der Waals surface area contributed by atoms with E-state index in [9.17, 15) is 18.0 Å². The van der Waals surface area contributed by atoms with E-state index in [2.05, 4.69) is 9.97 Å². The first-order chi connectivity index (χ1) is 13.8. The number of hydrogen-bond acceptors (Lipinski definition) is 4. The lowest BCUT2D eigenvalue weighted by Gasteiger charge is -2.33. The Hall–Kier alpha value is -2.90. The summed E-state index contributed by atoms with van der Waals surface area (Å²) in [7, 11) is 0. The summed E-state index contributed by atoms with van der Waals surface area (Å²) in [4.78, 5) is 23.0. The average Bonchev–Trinajstić information content (AvgIpc) is 2.71. The number of piperidine rings is 1. The zero-order valence-corrected chi connectivity index (χ0v) is 16.0. The molecular weight excluding hydrogens is 381 g/mol. The zero-order chi connectivity index (χ0) is 20.6. The van der Waals surface area contributed by atoms with Crippen molar-refractivity contribution in [3.63, 3.8) is 0 Å². The van der Waals surface area contributed by atoms with Crippen molar-refractivity contribution in [2.45, 2.75) is 32.5 Å². The molecule has 3 heterocycles. The van der Waals surface area contributed by atoms with Crippen molar-refractivity contribution >= 4 is 16.7 Å². The maximum atomic E-state index is 12.9. The molecule has 1 saturated heterocycles. The van der Waals surface area contributed by atoms with E-state index in [0.717, 1.165) is 18.9 Å². The molecule has 0 atom stereocenters. The molecule has 152 valence electrons. The van der Waals surface area contributed by atoms with Gasteiger partial charge < -0.3 is 4.90 Å². The van der Waals surface area contributed by atoms with Crippen molar-refractivity contribution in [3.8, 4) is 0 Å². The third-order valence-electron chi connectivity index (χ3n) is 5.46.